The van der Waals surface area contributed by atoms with Crippen LogP contribution in [0.3, 0.4) is 0 Å². The topological polar surface area (TPSA) is 35.5 Å². The van der Waals surface area contributed by atoms with Gasteiger partial charge < -0.3 is 9.47 Å². The van der Waals surface area contributed by atoms with Gasteiger partial charge in [-0.2, -0.15) is 0 Å². The molecule has 0 N–H and O–H groups in total. The first-order valence-corrected chi connectivity index (χ1v) is 9.56. The molecular formula is C14H28O3Si. The molecule has 0 bridgehead atoms. The summed E-state index contributed by atoms with van der Waals surface area (Å²) >= 11 is 0. The van der Waals surface area contributed by atoms with Crippen LogP contribution in [0, 0.1) is 0 Å². The van der Waals surface area contributed by atoms with Gasteiger partial charge in [0.15, 0.2) is 0 Å². The van der Waals surface area contributed by atoms with E-state index in [2.05, 4.69) is 20.4 Å². The van der Waals surface area contributed by atoms with Crippen molar-refractivity contribution in [3.63, 3.8) is 0 Å². The van der Waals surface area contributed by atoms with Crippen LogP contribution in [0.15, 0.2) is 12.7 Å². The van der Waals surface area contributed by atoms with Gasteiger partial charge in [-0.05, 0) is 13.3 Å². The van der Waals surface area contributed by atoms with E-state index in [9.17, 15) is 4.79 Å². The lowest BCUT2D eigenvalue weighted by Gasteiger charge is -2.13. The minimum absolute atomic E-state index is 0.315. The molecule has 1 atom stereocenters. The van der Waals surface area contributed by atoms with Gasteiger partial charge in [-0.15, -0.1) is 0 Å². The van der Waals surface area contributed by atoms with Gasteiger partial charge in [0.2, 0.25) is 0 Å². The summed E-state index contributed by atoms with van der Waals surface area (Å²) in [5.41, 5.74) is 0. The van der Waals surface area contributed by atoms with E-state index in [1.165, 1.54) is 31.0 Å². The lowest BCUT2D eigenvalue weighted by atomic mass is 10.3. The van der Waals surface area contributed by atoms with Crippen LogP contribution in [0.2, 0.25) is 12.1 Å². The van der Waals surface area contributed by atoms with Gasteiger partial charge in [0, 0.05) is 18.9 Å². The highest BCUT2D eigenvalue weighted by Gasteiger charge is 2.09. The van der Waals surface area contributed by atoms with E-state index in [0.29, 0.717) is 6.61 Å². The fourth-order valence-corrected chi connectivity index (χ4v) is 4.82. The normalized spacial score (nSPS) is 12.1. The molecule has 3 nitrogen and oxygen atoms in total. The number of hydrogen-bond donors (Lipinski definition) is 0. The Labute approximate surface area is 113 Å². The van der Waals surface area contributed by atoms with Crippen LogP contribution in [0.1, 0.15) is 39.5 Å². The molecule has 0 fully saturated rings. The Balaban J connectivity index is 3.47. The zero-order chi connectivity index (χ0) is 13.6. The van der Waals surface area contributed by atoms with Crippen molar-refractivity contribution in [2.75, 3.05) is 19.4 Å². The average Bonchev–Trinajstić information content (AvgIpc) is 2.39. The highest BCUT2D eigenvalue weighted by molar-refractivity contribution is 6.58. The minimum atomic E-state index is -0.675. The van der Waals surface area contributed by atoms with Crippen molar-refractivity contribution < 1.29 is 14.3 Å². The number of esters is 1. The smallest absolute Gasteiger partial charge is 0.330 e. The van der Waals surface area contributed by atoms with Gasteiger partial charge in [0.05, 0.1) is 15.4 Å². The molecule has 0 saturated heterocycles. The third-order valence-corrected chi connectivity index (χ3v) is 6.25. The maximum atomic E-state index is 10.8. The number of unbranched alkanes of at least 4 members (excludes halogenated alkanes) is 2. The van der Waals surface area contributed by atoms with E-state index in [4.69, 9.17) is 9.47 Å². The molecule has 0 aliphatic rings. The van der Waals surface area contributed by atoms with Crippen molar-refractivity contribution in [3.8, 4) is 0 Å². The summed E-state index contributed by atoms with van der Waals surface area (Å²) in [4.78, 5) is 10.8. The maximum Gasteiger partial charge on any atom is 0.330 e. The first kappa shape index (κ1) is 17.4. The van der Waals surface area contributed by atoms with Crippen molar-refractivity contribution in [2.45, 2.75) is 51.6 Å². The van der Waals surface area contributed by atoms with Crippen molar-refractivity contribution >= 4 is 14.8 Å². The van der Waals surface area contributed by atoms with Crippen LogP contribution in [-0.4, -0.2) is 34.2 Å². The lowest BCUT2D eigenvalue weighted by molar-refractivity contribution is -0.137. The Hall–Kier alpha value is -0.613. The summed E-state index contributed by atoms with van der Waals surface area (Å²) in [6, 6.07) is 2.73. The molecule has 106 valence electrons. The molecule has 18 heavy (non-hydrogen) atoms. The van der Waals surface area contributed by atoms with Crippen molar-refractivity contribution in [3.05, 3.63) is 12.7 Å². The highest BCUT2D eigenvalue weighted by atomic mass is 28.3. The molecule has 0 amide bonds. The number of carbonyl (C=O) groups is 1. The van der Waals surface area contributed by atoms with Crippen molar-refractivity contribution in [1.29, 1.82) is 0 Å². The van der Waals surface area contributed by atoms with Crippen LogP contribution < -0.4 is 0 Å². The first-order chi connectivity index (χ1) is 8.74. The van der Waals surface area contributed by atoms with Gasteiger partial charge in [-0.1, -0.05) is 44.9 Å². The monoisotopic (exact) mass is 272 g/mol. The van der Waals surface area contributed by atoms with E-state index in [1.54, 1.807) is 0 Å². The van der Waals surface area contributed by atoms with Crippen LogP contribution in [0.5, 0.6) is 0 Å². The predicted molar refractivity (Wildman–Crippen MR) is 78.6 cm³/mol. The second-order valence-electron chi connectivity index (χ2n) is 4.54. The summed E-state index contributed by atoms with van der Waals surface area (Å²) in [7, 11) is -0.675. The van der Waals surface area contributed by atoms with E-state index >= 15 is 0 Å². The van der Waals surface area contributed by atoms with Gasteiger partial charge in [-0.3, -0.25) is 0 Å². The summed E-state index contributed by atoms with van der Waals surface area (Å²) in [6.45, 7) is 9.04. The Morgan fingerprint density at radius 1 is 1.22 bits per heavy atom. The van der Waals surface area contributed by atoms with E-state index in [0.717, 1.165) is 25.7 Å². The standard InChI is InChI=1S/C14H28O3Si/c1-4-11-18(13-16-6-3)12-9-7-8-10-17-14(15)5-2/h5,18H,2,4,6-13H2,1,3H3. The molecular weight excluding hydrogens is 244 g/mol. The van der Waals surface area contributed by atoms with E-state index < -0.39 is 8.80 Å². The molecule has 0 heterocycles. The molecule has 0 radical (unpaired) electrons. The molecule has 0 spiro atoms. The third kappa shape index (κ3) is 10.5. The Morgan fingerprint density at radius 3 is 2.61 bits per heavy atom. The summed E-state index contributed by atoms with van der Waals surface area (Å²) in [5, 5.41) is 0. The molecule has 0 rings (SSSR count). The molecule has 0 aromatic heterocycles. The SMILES string of the molecule is C=CC(=O)OCCCCC[SiH](CCC)COCC. The van der Waals surface area contributed by atoms with Crippen LogP contribution >= 0.6 is 0 Å². The van der Waals surface area contributed by atoms with Crippen LogP contribution in [0.25, 0.3) is 0 Å². The zero-order valence-corrected chi connectivity index (χ0v) is 13.1. The van der Waals surface area contributed by atoms with Crippen molar-refractivity contribution in [1.82, 2.24) is 0 Å². The molecule has 0 aromatic rings. The van der Waals surface area contributed by atoms with E-state index in [1.807, 2.05) is 0 Å². The van der Waals surface area contributed by atoms with Crippen LogP contribution in [0.4, 0.5) is 0 Å². The number of carbonyl (C=O) groups excluding carboxylic acids is 1. The summed E-state index contributed by atoms with van der Waals surface area (Å²) in [6.07, 6.45) is 6.86. The maximum absolute atomic E-state index is 10.8. The molecule has 0 aliphatic heterocycles. The Kier molecular flexibility index (Phi) is 12.4. The largest absolute Gasteiger partial charge is 0.463 e. The molecule has 1 unspecified atom stereocenters. The summed E-state index contributed by atoms with van der Waals surface area (Å²) < 4.78 is 10.5. The molecule has 0 aromatic carbocycles. The second-order valence-corrected chi connectivity index (χ2v) is 7.76. The van der Waals surface area contributed by atoms with Crippen molar-refractivity contribution in [2.24, 2.45) is 0 Å². The van der Waals surface area contributed by atoms with E-state index in [-0.39, 0.29) is 5.97 Å². The zero-order valence-electron chi connectivity index (χ0n) is 12.0. The minimum Gasteiger partial charge on any atom is -0.463 e. The number of hydrogen-bond acceptors (Lipinski definition) is 3. The Morgan fingerprint density at radius 2 is 2.00 bits per heavy atom. The van der Waals surface area contributed by atoms with Gasteiger partial charge in [0.25, 0.3) is 0 Å². The second kappa shape index (κ2) is 12.8. The van der Waals surface area contributed by atoms with Gasteiger partial charge in [-0.25, -0.2) is 4.79 Å². The quantitative estimate of drug-likeness (QED) is 0.237. The highest BCUT2D eigenvalue weighted by Crippen LogP contribution is 2.10. The predicted octanol–water partition coefficient (Wildman–Crippen LogP) is 3.10. The number of ether oxygens (including phenoxy) is 2. The first-order valence-electron chi connectivity index (χ1n) is 7.11. The fourth-order valence-electron chi connectivity index (χ4n) is 1.95. The summed E-state index contributed by atoms with van der Waals surface area (Å²) in [5.74, 6) is -0.315. The number of rotatable bonds is 12. The lowest BCUT2D eigenvalue weighted by Crippen LogP contribution is -2.20. The Bertz CT molecular complexity index is 219. The van der Waals surface area contributed by atoms with Gasteiger partial charge in [0.1, 0.15) is 0 Å². The van der Waals surface area contributed by atoms with Gasteiger partial charge >= 0.3 is 5.97 Å². The molecule has 0 saturated carbocycles. The third-order valence-electron chi connectivity index (χ3n) is 2.92. The fraction of sp³-hybridized carbons (Fsp3) is 0.786. The van der Waals surface area contributed by atoms with Crippen LogP contribution in [-0.2, 0) is 14.3 Å². The molecule has 4 heteroatoms. The molecule has 0 aliphatic carbocycles. The average molecular weight is 272 g/mol.